The molecule has 28 heavy (non-hydrogen) atoms. The number of benzene rings is 1. The van der Waals surface area contributed by atoms with E-state index >= 15 is 0 Å². The maximum absolute atomic E-state index is 12.3. The average molecular weight is 502 g/mol. The molecule has 156 valence electrons. The van der Waals surface area contributed by atoms with Crippen molar-refractivity contribution in [2.24, 2.45) is 10.9 Å². The summed E-state index contributed by atoms with van der Waals surface area (Å²) >= 11 is 0. The standard InChI is InChI=1S/C20H30N4O3.HI/c1-21-20(22-12-14-11-17(27-2)8-9-18(14)25)24-16-5-3-4-13(10-16)19(26)23-15-6-7-15;/h8-9,11,13,15-16,25H,3-7,10,12H2,1-2H3,(H,23,26)(H2,21,22,24);1H. The fraction of sp³-hybridized carbons (Fsp3) is 0.600. The fourth-order valence-corrected chi connectivity index (χ4v) is 3.50. The Labute approximate surface area is 183 Å². The number of nitrogens with zero attached hydrogens (tertiary/aromatic N) is 1. The Balaban J connectivity index is 0.00000280. The summed E-state index contributed by atoms with van der Waals surface area (Å²) in [6.45, 7) is 0.432. The molecule has 0 saturated heterocycles. The molecular formula is C20H31IN4O3. The minimum absolute atomic E-state index is 0. The fourth-order valence-electron chi connectivity index (χ4n) is 3.50. The van der Waals surface area contributed by atoms with E-state index in [1.165, 1.54) is 0 Å². The van der Waals surface area contributed by atoms with Gasteiger partial charge in [0.05, 0.1) is 7.11 Å². The molecular weight excluding hydrogens is 471 g/mol. The van der Waals surface area contributed by atoms with Crippen LogP contribution in [0.3, 0.4) is 0 Å². The quantitative estimate of drug-likeness (QED) is 0.273. The highest BCUT2D eigenvalue weighted by molar-refractivity contribution is 14.0. The lowest BCUT2D eigenvalue weighted by atomic mass is 9.85. The van der Waals surface area contributed by atoms with Crippen molar-refractivity contribution in [3.8, 4) is 11.5 Å². The molecule has 0 radical (unpaired) electrons. The number of rotatable bonds is 6. The summed E-state index contributed by atoms with van der Waals surface area (Å²) in [6.07, 6.45) is 6.08. The molecule has 7 nitrogen and oxygen atoms in total. The molecule has 0 spiro atoms. The van der Waals surface area contributed by atoms with Gasteiger partial charge in [0.1, 0.15) is 11.5 Å². The summed E-state index contributed by atoms with van der Waals surface area (Å²) in [7, 11) is 3.32. The summed E-state index contributed by atoms with van der Waals surface area (Å²) in [6, 6.07) is 5.78. The van der Waals surface area contributed by atoms with E-state index in [-0.39, 0.29) is 47.6 Å². The molecule has 0 aliphatic heterocycles. The van der Waals surface area contributed by atoms with E-state index in [0.717, 1.165) is 44.1 Å². The number of aromatic hydroxyl groups is 1. The Morgan fingerprint density at radius 3 is 2.68 bits per heavy atom. The summed E-state index contributed by atoms with van der Waals surface area (Å²) < 4.78 is 5.21. The van der Waals surface area contributed by atoms with Crippen LogP contribution in [0.15, 0.2) is 23.2 Å². The zero-order valence-corrected chi connectivity index (χ0v) is 18.9. The Morgan fingerprint density at radius 1 is 1.21 bits per heavy atom. The molecule has 8 heteroatoms. The second-order valence-corrected chi connectivity index (χ2v) is 7.41. The third kappa shape index (κ3) is 6.42. The summed E-state index contributed by atoms with van der Waals surface area (Å²) in [5.41, 5.74) is 0.739. The molecule has 2 aliphatic rings. The molecule has 1 aromatic rings. The monoisotopic (exact) mass is 502 g/mol. The van der Waals surface area contributed by atoms with E-state index in [0.29, 0.717) is 24.3 Å². The predicted octanol–water partition coefficient (Wildman–Crippen LogP) is 2.52. The van der Waals surface area contributed by atoms with E-state index in [1.54, 1.807) is 32.4 Å². The largest absolute Gasteiger partial charge is 0.508 e. The van der Waals surface area contributed by atoms with Crippen molar-refractivity contribution in [1.29, 1.82) is 0 Å². The molecule has 2 aliphatic carbocycles. The molecule has 2 atom stereocenters. The van der Waals surface area contributed by atoms with Gasteiger partial charge in [0.25, 0.3) is 0 Å². The second-order valence-electron chi connectivity index (χ2n) is 7.41. The van der Waals surface area contributed by atoms with Crippen LogP contribution >= 0.6 is 24.0 Å². The number of phenolic OH excluding ortho intramolecular Hbond substituents is 1. The number of methoxy groups -OCH3 is 1. The minimum atomic E-state index is 0. The van der Waals surface area contributed by atoms with Crippen LogP contribution in [0, 0.1) is 5.92 Å². The number of carbonyl (C=O) groups excluding carboxylic acids is 1. The highest BCUT2D eigenvalue weighted by Crippen LogP contribution is 2.27. The van der Waals surface area contributed by atoms with Crippen molar-refractivity contribution in [1.82, 2.24) is 16.0 Å². The molecule has 3 rings (SSSR count). The van der Waals surface area contributed by atoms with Gasteiger partial charge in [-0.15, -0.1) is 24.0 Å². The molecule has 0 heterocycles. The number of carbonyl (C=O) groups is 1. The van der Waals surface area contributed by atoms with Gasteiger partial charge in [0.15, 0.2) is 5.96 Å². The van der Waals surface area contributed by atoms with Crippen LogP contribution in [0.1, 0.15) is 44.1 Å². The van der Waals surface area contributed by atoms with Crippen LogP contribution < -0.4 is 20.7 Å². The SMILES string of the molecule is CN=C(NCc1cc(OC)ccc1O)NC1CCCC(C(=O)NC2CC2)C1.I. The van der Waals surface area contributed by atoms with Gasteiger partial charge in [-0.05, 0) is 50.3 Å². The van der Waals surface area contributed by atoms with Crippen LogP contribution in [0.25, 0.3) is 0 Å². The van der Waals surface area contributed by atoms with Gasteiger partial charge in [0, 0.05) is 37.2 Å². The Hall–Kier alpha value is -1.71. The molecule has 0 aromatic heterocycles. The van der Waals surface area contributed by atoms with Gasteiger partial charge < -0.3 is 25.8 Å². The van der Waals surface area contributed by atoms with E-state index < -0.39 is 0 Å². The first kappa shape index (κ1) is 22.6. The van der Waals surface area contributed by atoms with Gasteiger partial charge in [-0.3, -0.25) is 9.79 Å². The maximum Gasteiger partial charge on any atom is 0.223 e. The smallest absolute Gasteiger partial charge is 0.223 e. The third-order valence-corrected chi connectivity index (χ3v) is 5.27. The summed E-state index contributed by atoms with van der Waals surface area (Å²) in [5, 5.41) is 19.8. The van der Waals surface area contributed by atoms with Crippen molar-refractivity contribution < 1.29 is 14.6 Å². The van der Waals surface area contributed by atoms with E-state index in [2.05, 4.69) is 20.9 Å². The van der Waals surface area contributed by atoms with Gasteiger partial charge in [-0.25, -0.2) is 0 Å². The zero-order chi connectivity index (χ0) is 19.2. The Kier molecular flexibility index (Phi) is 8.65. The number of hydrogen-bond acceptors (Lipinski definition) is 4. The first-order valence-electron chi connectivity index (χ1n) is 9.72. The van der Waals surface area contributed by atoms with E-state index in [9.17, 15) is 9.90 Å². The molecule has 1 aromatic carbocycles. The van der Waals surface area contributed by atoms with Gasteiger partial charge in [-0.1, -0.05) is 6.42 Å². The van der Waals surface area contributed by atoms with Crippen molar-refractivity contribution in [2.45, 2.75) is 57.2 Å². The number of hydrogen-bond donors (Lipinski definition) is 4. The molecule has 2 fully saturated rings. The number of nitrogens with one attached hydrogen (secondary N) is 3. The molecule has 2 saturated carbocycles. The van der Waals surface area contributed by atoms with Gasteiger partial charge in [-0.2, -0.15) is 0 Å². The highest BCUT2D eigenvalue weighted by Gasteiger charge is 2.31. The number of ether oxygens (including phenoxy) is 1. The summed E-state index contributed by atoms with van der Waals surface area (Å²) in [5.74, 6) is 1.87. The Morgan fingerprint density at radius 2 is 2.00 bits per heavy atom. The molecule has 2 unspecified atom stereocenters. The number of guanidine groups is 1. The van der Waals surface area contributed by atoms with Crippen LogP contribution in [0.5, 0.6) is 11.5 Å². The van der Waals surface area contributed by atoms with Crippen molar-refractivity contribution in [3.05, 3.63) is 23.8 Å². The Bertz CT molecular complexity index is 694. The number of phenols is 1. The first-order chi connectivity index (χ1) is 13.1. The van der Waals surface area contributed by atoms with Gasteiger partial charge >= 0.3 is 0 Å². The first-order valence-corrected chi connectivity index (χ1v) is 9.72. The summed E-state index contributed by atoms with van der Waals surface area (Å²) in [4.78, 5) is 16.6. The van der Waals surface area contributed by atoms with E-state index in [4.69, 9.17) is 4.74 Å². The lowest BCUT2D eigenvalue weighted by Gasteiger charge is -2.30. The maximum atomic E-state index is 12.3. The molecule has 0 bridgehead atoms. The predicted molar refractivity (Wildman–Crippen MR) is 120 cm³/mol. The van der Waals surface area contributed by atoms with E-state index in [1.807, 2.05) is 0 Å². The van der Waals surface area contributed by atoms with Crippen molar-refractivity contribution in [2.75, 3.05) is 14.2 Å². The molecule has 1 amide bonds. The van der Waals surface area contributed by atoms with Crippen LogP contribution in [0.4, 0.5) is 0 Å². The lowest BCUT2D eigenvalue weighted by molar-refractivity contribution is -0.126. The number of halogens is 1. The van der Waals surface area contributed by atoms with Crippen LogP contribution in [0.2, 0.25) is 0 Å². The van der Waals surface area contributed by atoms with Crippen LogP contribution in [-0.4, -0.2) is 43.2 Å². The van der Waals surface area contributed by atoms with Crippen LogP contribution in [-0.2, 0) is 11.3 Å². The second kappa shape index (κ2) is 10.7. The van der Waals surface area contributed by atoms with Gasteiger partial charge in [0.2, 0.25) is 5.91 Å². The van der Waals surface area contributed by atoms with Crippen molar-refractivity contribution in [3.63, 3.8) is 0 Å². The number of amides is 1. The molecule has 4 N–H and O–H groups in total. The highest BCUT2D eigenvalue weighted by atomic mass is 127. The zero-order valence-electron chi connectivity index (χ0n) is 16.5. The normalized spacial score (nSPS) is 22.0. The number of aliphatic imine (C=N–C) groups is 1. The average Bonchev–Trinajstić information content (AvgIpc) is 3.50. The lowest BCUT2D eigenvalue weighted by Crippen LogP contribution is -2.47. The topological polar surface area (TPSA) is 95.0 Å². The van der Waals surface area contributed by atoms with Crippen molar-refractivity contribution >= 4 is 35.8 Å². The third-order valence-electron chi connectivity index (χ3n) is 5.27. The minimum Gasteiger partial charge on any atom is -0.508 e.